The van der Waals surface area contributed by atoms with Gasteiger partial charge in [-0.2, -0.15) is 4.99 Å². The molecule has 1 heterocycles. The molecule has 4 heteroatoms. The Kier molecular flexibility index (Phi) is 2.02. The van der Waals surface area contributed by atoms with Gasteiger partial charge in [-0.05, 0) is 40.4 Å². The van der Waals surface area contributed by atoms with Crippen LogP contribution >= 0.6 is 15.9 Å². The molecule has 0 N–H and O–H groups in total. The second kappa shape index (κ2) is 3.05. The number of aliphatic imine (C=N–C) groups is 1. The number of carbonyl (C=O) groups excluding carboxylic acids is 1. The van der Waals surface area contributed by atoms with E-state index in [9.17, 15) is 4.79 Å². The largest absolute Gasteiger partial charge is 0.264 e. The monoisotopic (exact) mass is 238 g/mol. The standard InChI is InChI=1S/C9H7BrN2O/c10-8-5-11-4-1-7(8)9(2-3-9)12-6-13/h1,4-5H,2-3H2. The van der Waals surface area contributed by atoms with E-state index in [1.807, 2.05) is 6.07 Å². The van der Waals surface area contributed by atoms with E-state index in [4.69, 9.17) is 0 Å². The van der Waals surface area contributed by atoms with Gasteiger partial charge in [0.25, 0.3) is 0 Å². The van der Waals surface area contributed by atoms with Crippen molar-refractivity contribution in [3.8, 4) is 0 Å². The van der Waals surface area contributed by atoms with Crippen LogP contribution in [0.5, 0.6) is 0 Å². The molecule has 0 aromatic carbocycles. The van der Waals surface area contributed by atoms with Gasteiger partial charge in [0, 0.05) is 16.9 Å². The topological polar surface area (TPSA) is 42.3 Å². The van der Waals surface area contributed by atoms with E-state index in [-0.39, 0.29) is 5.54 Å². The summed E-state index contributed by atoms with van der Waals surface area (Å²) in [5, 5.41) is 0. The number of aromatic nitrogens is 1. The summed E-state index contributed by atoms with van der Waals surface area (Å²) in [6, 6.07) is 1.89. The maximum atomic E-state index is 10.2. The first-order chi connectivity index (χ1) is 6.28. The number of nitrogens with zero attached hydrogens (tertiary/aromatic N) is 2. The second-order valence-electron chi connectivity index (χ2n) is 3.09. The molecule has 0 atom stereocenters. The molecule has 1 aromatic rings. The quantitative estimate of drug-likeness (QED) is 0.586. The van der Waals surface area contributed by atoms with Crippen LogP contribution in [0.2, 0.25) is 0 Å². The van der Waals surface area contributed by atoms with Gasteiger partial charge in [0.15, 0.2) is 0 Å². The van der Waals surface area contributed by atoms with Crippen molar-refractivity contribution in [2.75, 3.05) is 0 Å². The zero-order valence-electron chi connectivity index (χ0n) is 6.83. The minimum absolute atomic E-state index is 0.302. The van der Waals surface area contributed by atoms with Crippen molar-refractivity contribution in [3.63, 3.8) is 0 Å². The molecule has 1 saturated carbocycles. The van der Waals surface area contributed by atoms with Crippen LogP contribution in [0.4, 0.5) is 0 Å². The minimum atomic E-state index is -0.302. The fourth-order valence-electron chi connectivity index (χ4n) is 1.40. The fraction of sp³-hybridized carbons (Fsp3) is 0.333. The first-order valence-electron chi connectivity index (χ1n) is 3.97. The summed E-state index contributed by atoms with van der Waals surface area (Å²) < 4.78 is 0.909. The first kappa shape index (κ1) is 8.60. The molecule has 0 aliphatic heterocycles. The minimum Gasteiger partial charge on any atom is -0.264 e. The number of halogens is 1. The number of pyridine rings is 1. The molecule has 1 aromatic heterocycles. The summed E-state index contributed by atoms with van der Waals surface area (Å²) in [7, 11) is 0. The lowest BCUT2D eigenvalue weighted by molar-refractivity contribution is 0.556. The third-order valence-electron chi connectivity index (χ3n) is 2.26. The number of isocyanates is 1. The highest BCUT2D eigenvalue weighted by Crippen LogP contribution is 2.51. The molecule has 0 spiro atoms. The molecule has 13 heavy (non-hydrogen) atoms. The Hall–Kier alpha value is -0.990. The molecule has 1 aliphatic rings. The van der Waals surface area contributed by atoms with Crippen LogP contribution in [0.15, 0.2) is 27.9 Å². The molecule has 66 valence electrons. The van der Waals surface area contributed by atoms with Crippen molar-refractivity contribution in [1.29, 1.82) is 0 Å². The second-order valence-corrected chi connectivity index (χ2v) is 3.94. The number of hydrogen-bond donors (Lipinski definition) is 0. The van der Waals surface area contributed by atoms with Gasteiger partial charge < -0.3 is 0 Å². The van der Waals surface area contributed by atoms with Crippen molar-refractivity contribution in [3.05, 3.63) is 28.5 Å². The zero-order chi connectivity index (χ0) is 9.31. The maximum absolute atomic E-state index is 10.2. The smallest absolute Gasteiger partial charge is 0.235 e. The molecule has 0 saturated heterocycles. The Labute approximate surface area is 84.0 Å². The summed E-state index contributed by atoms with van der Waals surface area (Å²) in [6.07, 6.45) is 6.90. The van der Waals surface area contributed by atoms with E-state index in [1.54, 1.807) is 18.5 Å². The molecule has 3 nitrogen and oxygen atoms in total. The number of rotatable bonds is 2. The van der Waals surface area contributed by atoms with Crippen LogP contribution in [0.1, 0.15) is 18.4 Å². The van der Waals surface area contributed by atoms with E-state index >= 15 is 0 Å². The van der Waals surface area contributed by atoms with Crippen molar-refractivity contribution in [2.24, 2.45) is 4.99 Å². The molecule has 1 fully saturated rings. The maximum Gasteiger partial charge on any atom is 0.235 e. The van der Waals surface area contributed by atoms with Crippen LogP contribution in [-0.4, -0.2) is 11.1 Å². The molecular formula is C9H7BrN2O. The molecule has 0 radical (unpaired) electrons. The van der Waals surface area contributed by atoms with Crippen molar-refractivity contribution >= 4 is 22.0 Å². The first-order valence-corrected chi connectivity index (χ1v) is 4.77. The lowest BCUT2D eigenvalue weighted by atomic mass is 10.1. The Morgan fingerprint density at radius 2 is 2.38 bits per heavy atom. The summed E-state index contributed by atoms with van der Waals surface area (Å²) >= 11 is 3.39. The normalized spacial score (nSPS) is 17.6. The Morgan fingerprint density at radius 1 is 1.62 bits per heavy atom. The summed E-state index contributed by atoms with van der Waals surface area (Å²) in [5.74, 6) is 0. The molecule has 0 amide bonds. The fourth-order valence-corrected chi connectivity index (χ4v) is 2.02. The summed E-state index contributed by atoms with van der Waals surface area (Å²) in [5.41, 5.74) is 0.731. The van der Waals surface area contributed by atoms with Gasteiger partial charge in [-0.25, -0.2) is 4.79 Å². The van der Waals surface area contributed by atoms with Crippen LogP contribution in [0.3, 0.4) is 0 Å². The van der Waals surface area contributed by atoms with Gasteiger partial charge in [-0.1, -0.05) is 0 Å². The summed E-state index contributed by atoms with van der Waals surface area (Å²) in [6.45, 7) is 0. The lowest BCUT2D eigenvalue weighted by Gasteiger charge is -2.08. The van der Waals surface area contributed by atoms with Gasteiger partial charge in [0.2, 0.25) is 6.08 Å². The Balaban J connectivity index is 2.46. The van der Waals surface area contributed by atoms with E-state index in [0.29, 0.717) is 0 Å². The van der Waals surface area contributed by atoms with Gasteiger partial charge in [-0.3, -0.25) is 4.98 Å². The van der Waals surface area contributed by atoms with E-state index in [2.05, 4.69) is 25.9 Å². The van der Waals surface area contributed by atoms with Crippen molar-refractivity contribution in [2.45, 2.75) is 18.4 Å². The predicted octanol–water partition coefficient (Wildman–Crippen LogP) is 2.17. The highest BCUT2D eigenvalue weighted by atomic mass is 79.9. The SMILES string of the molecule is O=C=NC1(c2ccncc2Br)CC1. The third kappa shape index (κ3) is 1.43. The van der Waals surface area contributed by atoms with E-state index < -0.39 is 0 Å². The highest BCUT2D eigenvalue weighted by Gasteiger charge is 2.45. The average molecular weight is 239 g/mol. The van der Waals surface area contributed by atoms with Gasteiger partial charge in [0.05, 0.1) is 5.54 Å². The van der Waals surface area contributed by atoms with Crippen molar-refractivity contribution in [1.82, 2.24) is 4.98 Å². The average Bonchev–Trinajstić information content (AvgIpc) is 2.87. The van der Waals surface area contributed by atoms with Crippen LogP contribution in [0, 0.1) is 0 Å². The van der Waals surface area contributed by atoms with Gasteiger partial charge in [0.1, 0.15) is 0 Å². The molecule has 0 unspecified atom stereocenters. The zero-order valence-corrected chi connectivity index (χ0v) is 8.41. The lowest BCUT2D eigenvalue weighted by Crippen LogP contribution is -2.03. The summed E-state index contributed by atoms with van der Waals surface area (Å²) in [4.78, 5) is 18.0. The van der Waals surface area contributed by atoms with Crippen LogP contribution in [-0.2, 0) is 10.3 Å². The van der Waals surface area contributed by atoms with Crippen LogP contribution < -0.4 is 0 Å². The molecule has 1 aliphatic carbocycles. The Bertz CT molecular complexity index is 381. The molecule has 0 bridgehead atoms. The van der Waals surface area contributed by atoms with Crippen molar-refractivity contribution < 1.29 is 4.79 Å². The highest BCUT2D eigenvalue weighted by molar-refractivity contribution is 9.10. The molecular weight excluding hydrogens is 232 g/mol. The van der Waals surface area contributed by atoms with E-state index in [0.717, 1.165) is 22.9 Å². The van der Waals surface area contributed by atoms with Gasteiger partial charge in [-0.15, -0.1) is 0 Å². The van der Waals surface area contributed by atoms with E-state index in [1.165, 1.54) is 0 Å². The molecule has 2 rings (SSSR count). The van der Waals surface area contributed by atoms with Gasteiger partial charge >= 0.3 is 0 Å². The Morgan fingerprint density at radius 3 is 2.92 bits per heavy atom. The van der Waals surface area contributed by atoms with Crippen LogP contribution in [0.25, 0.3) is 0 Å². The predicted molar refractivity (Wildman–Crippen MR) is 51.0 cm³/mol. The number of hydrogen-bond acceptors (Lipinski definition) is 3. The third-order valence-corrected chi connectivity index (χ3v) is 2.89.